The second-order valence-electron chi connectivity index (χ2n) is 3.81. The Bertz CT molecular complexity index is 646. The lowest BCUT2D eigenvalue weighted by molar-refractivity contribution is -0.141. The zero-order valence-electron chi connectivity index (χ0n) is 11.5. The van der Waals surface area contributed by atoms with Crippen LogP contribution in [0.25, 0.3) is 0 Å². The predicted molar refractivity (Wildman–Crippen MR) is 74.6 cm³/mol. The molecule has 0 atom stereocenters. The van der Waals surface area contributed by atoms with Crippen molar-refractivity contribution < 1.29 is 23.1 Å². The Morgan fingerprint density at radius 1 is 1.48 bits per heavy atom. The Morgan fingerprint density at radius 3 is 2.90 bits per heavy atom. The second kappa shape index (κ2) is 8.36. The van der Waals surface area contributed by atoms with Gasteiger partial charge in [0, 0.05) is 24.4 Å². The van der Waals surface area contributed by atoms with Gasteiger partial charge in [0.15, 0.2) is 0 Å². The van der Waals surface area contributed by atoms with Crippen molar-refractivity contribution >= 4 is 16.0 Å². The van der Waals surface area contributed by atoms with E-state index in [9.17, 15) is 13.2 Å². The number of nitrogens with zero attached hydrogens (tertiary/aromatic N) is 1. The summed E-state index contributed by atoms with van der Waals surface area (Å²) < 4.78 is 30.7. The van der Waals surface area contributed by atoms with Crippen LogP contribution in [-0.4, -0.2) is 44.2 Å². The first kappa shape index (κ1) is 17.1. The molecule has 2 N–H and O–H groups in total. The molecule has 0 spiro atoms. The van der Waals surface area contributed by atoms with Gasteiger partial charge in [0.1, 0.15) is 11.4 Å². The van der Waals surface area contributed by atoms with Gasteiger partial charge >= 0.3 is 5.97 Å². The van der Waals surface area contributed by atoms with Crippen molar-refractivity contribution in [3.63, 3.8) is 0 Å². The maximum atomic E-state index is 12.0. The number of rotatable bonds is 6. The van der Waals surface area contributed by atoms with E-state index in [4.69, 9.17) is 5.11 Å². The Hall–Kier alpha value is -1.95. The highest BCUT2D eigenvalue weighted by molar-refractivity contribution is 7.89. The Kier molecular flexibility index (Phi) is 6.81. The van der Waals surface area contributed by atoms with Crippen LogP contribution in [0.5, 0.6) is 0 Å². The van der Waals surface area contributed by atoms with E-state index in [0.717, 1.165) is 6.20 Å². The molecule has 114 valence electrons. The van der Waals surface area contributed by atoms with E-state index in [2.05, 4.69) is 26.3 Å². The van der Waals surface area contributed by atoms with Crippen LogP contribution in [0.2, 0.25) is 0 Å². The molecule has 7 nitrogen and oxygen atoms in total. The van der Waals surface area contributed by atoms with E-state index >= 15 is 0 Å². The topological polar surface area (TPSA) is 106 Å². The number of ether oxygens (including phenoxy) is 1. The number of pyridine rings is 1. The van der Waals surface area contributed by atoms with Crippen LogP contribution in [0.1, 0.15) is 18.9 Å². The first-order valence-corrected chi connectivity index (χ1v) is 7.68. The average molecular weight is 312 g/mol. The lowest BCUT2D eigenvalue weighted by Gasteiger charge is -2.06. The van der Waals surface area contributed by atoms with Crippen molar-refractivity contribution in [2.45, 2.75) is 18.2 Å². The number of aliphatic hydroxyl groups excluding tert-OH is 1. The molecule has 0 radical (unpaired) electrons. The summed E-state index contributed by atoms with van der Waals surface area (Å²) in [6.45, 7) is 1.29. The standard InChI is InChI=1S/C13H16N2O5S/c1-2-20-13(17)10-15-21(18,19)12-7-11(8-14-9-12)5-3-4-6-16/h7-9,15-16H,2,4,6,10H2,1H3. The monoisotopic (exact) mass is 312 g/mol. The van der Waals surface area contributed by atoms with Gasteiger partial charge in [0.05, 0.1) is 13.2 Å². The number of esters is 1. The van der Waals surface area contributed by atoms with Gasteiger partial charge in [-0.25, -0.2) is 8.42 Å². The van der Waals surface area contributed by atoms with E-state index in [1.165, 1.54) is 12.3 Å². The Balaban J connectivity index is 2.82. The number of hydrogen-bond donors (Lipinski definition) is 2. The highest BCUT2D eigenvalue weighted by atomic mass is 32.2. The first-order chi connectivity index (χ1) is 9.99. The Morgan fingerprint density at radius 2 is 2.24 bits per heavy atom. The maximum Gasteiger partial charge on any atom is 0.321 e. The number of carbonyl (C=O) groups excluding carboxylic acids is 1. The van der Waals surface area contributed by atoms with Gasteiger partial charge in [0.2, 0.25) is 10.0 Å². The molecule has 0 unspecified atom stereocenters. The summed E-state index contributed by atoms with van der Waals surface area (Å²) in [4.78, 5) is 14.8. The number of aromatic nitrogens is 1. The van der Waals surface area contributed by atoms with Gasteiger partial charge in [-0.1, -0.05) is 11.8 Å². The number of hydrogen-bond acceptors (Lipinski definition) is 6. The minimum atomic E-state index is -3.86. The van der Waals surface area contributed by atoms with Crippen LogP contribution in [0.4, 0.5) is 0 Å². The lowest BCUT2D eigenvalue weighted by atomic mass is 10.3. The van der Waals surface area contributed by atoms with Gasteiger partial charge in [0.25, 0.3) is 0 Å². The third kappa shape index (κ3) is 5.91. The van der Waals surface area contributed by atoms with Crippen LogP contribution in [0, 0.1) is 11.8 Å². The molecule has 0 saturated carbocycles. The summed E-state index contributed by atoms with van der Waals surface area (Å²) in [5, 5.41) is 8.63. The van der Waals surface area contributed by atoms with Crippen molar-refractivity contribution in [3.8, 4) is 11.8 Å². The molecule has 1 rings (SSSR count). The quantitative estimate of drug-likeness (QED) is 0.550. The van der Waals surface area contributed by atoms with E-state index in [-0.39, 0.29) is 24.5 Å². The molecular weight excluding hydrogens is 296 g/mol. The van der Waals surface area contributed by atoms with Crippen LogP contribution in [0.3, 0.4) is 0 Å². The van der Waals surface area contributed by atoms with E-state index in [1.807, 2.05) is 0 Å². The van der Waals surface area contributed by atoms with E-state index < -0.39 is 22.5 Å². The zero-order valence-corrected chi connectivity index (χ0v) is 12.3. The maximum absolute atomic E-state index is 12.0. The summed E-state index contributed by atoms with van der Waals surface area (Å²) in [6.07, 6.45) is 2.86. The number of aliphatic hydroxyl groups is 1. The van der Waals surface area contributed by atoms with Gasteiger partial charge in [-0.3, -0.25) is 9.78 Å². The van der Waals surface area contributed by atoms with Crippen molar-refractivity contribution in [2.75, 3.05) is 19.8 Å². The summed E-state index contributed by atoms with van der Waals surface area (Å²) in [7, 11) is -3.86. The van der Waals surface area contributed by atoms with Gasteiger partial charge in [-0.2, -0.15) is 4.72 Å². The fourth-order valence-electron chi connectivity index (χ4n) is 1.30. The molecule has 1 aromatic rings. The predicted octanol–water partition coefficient (Wildman–Crippen LogP) is -0.343. The highest BCUT2D eigenvalue weighted by Gasteiger charge is 2.16. The normalized spacial score (nSPS) is 10.6. The number of carbonyl (C=O) groups is 1. The van der Waals surface area contributed by atoms with E-state index in [1.54, 1.807) is 6.92 Å². The van der Waals surface area contributed by atoms with Crippen molar-refractivity contribution in [1.29, 1.82) is 0 Å². The first-order valence-electron chi connectivity index (χ1n) is 6.19. The summed E-state index contributed by atoms with van der Waals surface area (Å²) in [5.74, 6) is 4.70. The molecular formula is C13H16N2O5S. The zero-order chi connectivity index (χ0) is 15.7. The third-order valence-electron chi connectivity index (χ3n) is 2.20. The van der Waals surface area contributed by atoms with Gasteiger partial charge < -0.3 is 9.84 Å². The summed E-state index contributed by atoms with van der Waals surface area (Å²) >= 11 is 0. The van der Waals surface area contributed by atoms with Crippen molar-refractivity contribution in [3.05, 3.63) is 24.0 Å². The Labute approximate surface area is 123 Å². The van der Waals surface area contributed by atoms with Crippen molar-refractivity contribution in [1.82, 2.24) is 9.71 Å². The van der Waals surface area contributed by atoms with Crippen LogP contribution >= 0.6 is 0 Å². The molecule has 0 aliphatic carbocycles. The third-order valence-corrected chi connectivity index (χ3v) is 3.57. The minimum absolute atomic E-state index is 0.0699. The van der Waals surface area contributed by atoms with E-state index in [0.29, 0.717) is 5.56 Å². The molecule has 1 aromatic heterocycles. The highest BCUT2D eigenvalue weighted by Crippen LogP contribution is 2.08. The van der Waals surface area contributed by atoms with Gasteiger partial charge in [-0.05, 0) is 13.0 Å². The minimum Gasteiger partial charge on any atom is -0.465 e. The second-order valence-corrected chi connectivity index (χ2v) is 5.58. The average Bonchev–Trinajstić information content (AvgIpc) is 2.46. The fraction of sp³-hybridized carbons (Fsp3) is 0.385. The van der Waals surface area contributed by atoms with Crippen LogP contribution in [0.15, 0.2) is 23.4 Å². The smallest absolute Gasteiger partial charge is 0.321 e. The molecule has 1 heterocycles. The van der Waals surface area contributed by atoms with Crippen molar-refractivity contribution in [2.24, 2.45) is 0 Å². The molecule has 0 aliphatic heterocycles. The molecule has 0 amide bonds. The molecule has 0 fully saturated rings. The van der Waals surface area contributed by atoms with Gasteiger partial charge in [-0.15, -0.1) is 0 Å². The van der Waals surface area contributed by atoms with Crippen LogP contribution < -0.4 is 4.72 Å². The molecule has 0 bridgehead atoms. The fourth-order valence-corrected chi connectivity index (χ4v) is 2.26. The molecule has 0 aromatic carbocycles. The SMILES string of the molecule is CCOC(=O)CNS(=O)(=O)c1cncc(C#CCCO)c1. The summed E-state index contributed by atoms with van der Waals surface area (Å²) in [5.41, 5.74) is 0.405. The number of nitrogens with one attached hydrogen (secondary N) is 1. The molecule has 0 aliphatic rings. The summed E-state index contributed by atoms with van der Waals surface area (Å²) in [6, 6.07) is 1.34. The van der Waals surface area contributed by atoms with Crippen LogP contribution in [-0.2, 0) is 19.6 Å². The molecule has 21 heavy (non-hydrogen) atoms. The molecule has 0 saturated heterocycles. The number of sulfonamides is 1. The lowest BCUT2D eigenvalue weighted by Crippen LogP contribution is -2.30. The largest absolute Gasteiger partial charge is 0.465 e. The molecule has 8 heteroatoms.